The molecule has 0 saturated heterocycles. The predicted octanol–water partition coefficient (Wildman–Crippen LogP) is 2.90. The van der Waals surface area contributed by atoms with E-state index in [2.05, 4.69) is 20.3 Å². The van der Waals surface area contributed by atoms with Crippen LogP contribution in [0.15, 0.2) is 58.6 Å². The lowest BCUT2D eigenvalue weighted by atomic mass is 10.2. The highest BCUT2D eigenvalue weighted by Gasteiger charge is 2.20. The summed E-state index contributed by atoms with van der Waals surface area (Å²) in [6.07, 6.45) is 1.38. The standard InChI is InChI=1S/C20H21N5O4S2/c1-4-30(26,27)14-7-5-6-13(10-14)23-19-18-16-9-8-15(31(28,29)25(2)3)11-17(16)24-20(18)22-12-21-19/h5-12H,4H2,1-3H3,(H2,21,22,23,24). The van der Waals surface area contributed by atoms with Gasteiger partial charge in [0, 0.05) is 30.7 Å². The number of rotatable bonds is 6. The van der Waals surface area contributed by atoms with Crippen LogP contribution in [0.5, 0.6) is 0 Å². The van der Waals surface area contributed by atoms with Crippen LogP contribution in [-0.2, 0) is 19.9 Å². The van der Waals surface area contributed by atoms with Gasteiger partial charge in [0.2, 0.25) is 10.0 Å². The van der Waals surface area contributed by atoms with E-state index in [1.54, 1.807) is 43.3 Å². The lowest BCUT2D eigenvalue weighted by Crippen LogP contribution is -2.22. The lowest BCUT2D eigenvalue weighted by molar-refractivity contribution is 0.521. The van der Waals surface area contributed by atoms with Gasteiger partial charge in [0.1, 0.15) is 17.8 Å². The van der Waals surface area contributed by atoms with Gasteiger partial charge in [-0.05, 0) is 30.3 Å². The Morgan fingerprint density at radius 1 is 1.00 bits per heavy atom. The summed E-state index contributed by atoms with van der Waals surface area (Å²) in [6, 6.07) is 11.3. The Morgan fingerprint density at radius 3 is 2.48 bits per heavy atom. The highest BCUT2D eigenvalue weighted by molar-refractivity contribution is 7.91. The Morgan fingerprint density at radius 2 is 1.77 bits per heavy atom. The van der Waals surface area contributed by atoms with Gasteiger partial charge in [-0.15, -0.1) is 0 Å². The van der Waals surface area contributed by atoms with Crippen LogP contribution in [-0.4, -0.2) is 55.9 Å². The first-order valence-electron chi connectivity index (χ1n) is 9.42. The first-order chi connectivity index (χ1) is 14.6. The molecule has 0 spiro atoms. The molecule has 162 valence electrons. The zero-order valence-corrected chi connectivity index (χ0v) is 18.8. The molecule has 2 aromatic heterocycles. The minimum Gasteiger partial charge on any atom is -0.340 e. The van der Waals surface area contributed by atoms with E-state index >= 15 is 0 Å². The molecule has 0 atom stereocenters. The minimum absolute atomic E-state index is 0.00877. The summed E-state index contributed by atoms with van der Waals surface area (Å²) >= 11 is 0. The Hall–Kier alpha value is -3.02. The van der Waals surface area contributed by atoms with Crippen molar-refractivity contribution in [3.05, 3.63) is 48.8 Å². The van der Waals surface area contributed by atoms with Crippen LogP contribution in [0.2, 0.25) is 0 Å². The van der Waals surface area contributed by atoms with Crippen molar-refractivity contribution >= 4 is 53.3 Å². The van der Waals surface area contributed by atoms with Crippen molar-refractivity contribution in [2.45, 2.75) is 16.7 Å². The molecule has 4 rings (SSSR count). The zero-order valence-electron chi connectivity index (χ0n) is 17.1. The second-order valence-corrected chi connectivity index (χ2v) is 11.6. The quantitative estimate of drug-likeness (QED) is 0.454. The third-order valence-electron chi connectivity index (χ3n) is 4.98. The van der Waals surface area contributed by atoms with Crippen LogP contribution >= 0.6 is 0 Å². The number of anilines is 2. The number of benzene rings is 2. The van der Waals surface area contributed by atoms with Crippen molar-refractivity contribution in [2.75, 3.05) is 25.2 Å². The first-order valence-corrected chi connectivity index (χ1v) is 12.5. The molecule has 0 aliphatic carbocycles. The number of hydrogen-bond donors (Lipinski definition) is 2. The molecule has 31 heavy (non-hydrogen) atoms. The van der Waals surface area contributed by atoms with E-state index in [1.165, 1.54) is 26.5 Å². The van der Waals surface area contributed by atoms with Crippen LogP contribution in [0.25, 0.3) is 21.9 Å². The monoisotopic (exact) mass is 459 g/mol. The van der Waals surface area contributed by atoms with Crippen LogP contribution in [0.4, 0.5) is 11.5 Å². The number of aromatic nitrogens is 3. The van der Waals surface area contributed by atoms with Crippen LogP contribution in [0, 0.1) is 0 Å². The Labute approximate surface area is 180 Å². The van der Waals surface area contributed by atoms with Gasteiger partial charge in [-0.3, -0.25) is 0 Å². The second-order valence-electron chi connectivity index (χ2n) is 7.12. The second kappa shape index (κ2) is 7.59. The smallest absolute Gasteiger partial charge is 0.242 e. The van der Waals surface area contributed by atoms with Crippen molar-refractivity contribution in [3.8, 4) is 0 Å². The summed E-state index contributed by atoms with van der Waals surface area (Å²) in [5, 5.41) is 4.58. The molecular formula is C20H21N5O4S2. The van der Waals surface area contributed by atoms with E-state index in [-0.39, 0.29) is 15.5 Å². The molecule has 0 amide bonds. The maximum absolute atomic E-state index is 12.5. The summed E-state index contributed by atoms with van der Waals surface area (Å²) in [5.41, 5.74) is 1.70. The van der Waals surface area contributed by atoms with Crippen LogP contribution in [0.1, 0.15) is 6.92 Å². The van der Waals surface area contributed by atoms with Crippen LogP contribution < -0.4 is 5.32 Å². The van der Waals surface area contributed by atoms with Crippen molar-refractivity contribution < 1.29 is 16.8 Å². The lowest BCUT2D eigenvalue weighted by Gasteiger charge is -2.11. The SMILES string of the molecule is CCS(=O)(=O)c1cccc(Nc2ncnc3[nH]c4cc(S(=O)(=O)N(C)C)ccc4c23)c1. The Bertz CT molecular complexity index is 1510. The van der Waals surface area contributed by atoms with Gasteiger partial charge in [-0.2, -0.15) is 0 Å². The molecule has 9 nitrogen and oxygen atoms in total. The average molecular weight is 460 g/mol. The number of sulfone groups is 1. The summed E-state index contributed by atoms with van der Waals surface area (Å²) in [4.78, 5) is 12.1. The minimum atomic E-state index is -3.58. The molecule has 2 N–H and O–H groups in total. The van der Waals surface area contributed by atoms with Crippen molar-refractivity contribution in [3.63, 3.8) is 0 Å². The van der Waals surface area contributed by atoms with Gasteiger partial charge in [0.25, 0.3) is 0 Å². The van der Waals surface area contributed by atoms with E-state index in [4.69, 9.17) is 0 Å². The van der Waals surface area contributed by atoms with Gasteiger partial charge >= 0.3 is 0 Å². The van der Waals surface area contributed by atoms with Gasteiger partial charge in [-0.1, -0.05) is 19.1 Å². The number of hydrogen-bond acceptors (Lipinski definition) is 7. The predicted molar refractivity (Wildman–Crippen MR) is 120 cm³/mol. The molecule has 0 saturated carbocycles. The third-order valence-corrected chi connectivity index (χ3v) is 8.52. The molecule has 0 radical (unpaired) electrons. The maximum atomic E-state index is 12.5. The molecule has 2 heterocycles. The largest absolute Gasteiger partial charge is 0.340 e. The molecule has 0 unspecified atom stereocenters. The van der Waals surface area contributed by atoms with Crippen molar-refractivity contribution in [1.29, 1.82) is 0 Å². The van der Waals surface area contributed by atoms with E-state index < -0.39 is 19.9 Å². The number of fused-ring (bicyclic) bond motifs is 3. The number of sulfonamides is 1. The summed E-state index contributed by atoms with van der Waals surface area (Å²) in [7, 11) is -3.97. The molecule has 0 aliphatic heterocycles. The third kappa shape index (κ3) is 3.75. The molecule has 2 aromatic carbocycles. The molecular weight excluding hydrogens is 438 g/mol. The molecule has 4 aromatic rings. The highest BCUT2D eigenvalue weighted by Crippen LogP contribution is 2.32. The topological polar surface area (TPSA) is 125 Å². The molecule has 11 heteroatoms. The first kappa shape index (κ1) is 21.2. The number of nitrogens with one attached hydrogen (secondary N) is 2. The molecule has 0 bridgehead atoms. The number of H-pyrrole nitrogens is 1. The van der Waals surface area contributed by atoms with E-state index in [0.717, 1.165) is 9.69 Å². The average Bonchev–Trinajstić information content (AvgIpc) is 3.12. The van der Waals surface area contributed by atoms with E-state index in [1.807, 2.05) is 0 Å². The van der Waals surface area contributed by atoms with Crippen LogP contribution in [0.3, 0.4) is 0 Å². The van der Waals surface area contributed by atoms with E-state index in [9.17, 15) is 16.8 Å². The van der Waals surface area contributed by atoms with Crippen molar-refractivity contribution in [1.82, 2.24) is 19.3 Å². The van der Waals surface area contributed by atoms with Gasteiger partial charge in [0.15, 0.2) is 9.84 Å². The summed E-state index contributed by atoms with van der Waals surface area (Å²) in [6.45, 7) is 1.60. The summed E-state index contributed by atoms with van der Waals surface area (Å²) < 4.78 is 50.5. The van der Waals surface area contributed by atoms with Gasteiger partial charge in [-0.25, -0.2) is 31.1 Å². The summed E-state index contributed by atoms with van der Waals surface area (Å²) in [5.74, 6) is 0.486. The number of nitrogens with zero attached hydrogens (tertiary/aromatic N) is 3. The normalized spacial score (nSPS) is 12.6. The zero-order chi connectivity index (χ0) is 22.4. The highest BCUT2D eigenvalue weighted by atomic mass is 32.2. The fraction of sp³-hybridized carbons (Fsp3) is 0.200. The van der Waals surface area contributed by atoms with E-state index in [0.29, 0.717) is 28.1 Å². The fourth-order valence-electron chi connectivity index (χ4n) is 3.24. The molecule has 0 fully saturated rings. The maximum Gasteiger partial charge on any atom is 0.242 e. The fourth-order valence-corrected chi connectivity index (χ4v) is 5.10. The Kier molecular flexibility index (Phi) is 5.20. The van der Waals surface area contributed by atoms with Crippen molar-refractivity contribution in [2.24, 2.45) is 0 Å². The number of aromatic amines is 1. The Balaban J connectivity index is 1.82. The van der Waals surface area contributed by atoms with Gasteiger partial charge in [0.05, 0.1) is 20.9 Å². The van der Waals surface area contributed by atoms with Gasteiger partial charge < -0.3 is 10.3 Å². The molecule has 0 aliphatic rings.